The minimum atomic E-state index is 0.269. The van der Waals surface area contributed by atoms with E-state index in [1.54, 1.807) is 0 Å². The predicted octanol–water partition coefficient (Wildman–Crippen LogP) is 1.46. The van der Waals surface area contributed by atoms with Crippen molar-refractivity contribution in [1.29, 1.82) is 0 Å². The summed E-state index contributed by atoms with van der Waals surface area (Å²) in [5.74, 6) is 0.898. The van der Waals surface area contributed by atoms with Gasteiger partial charge in [0.25, 0.3) is 0 Å². The molecule has 0 saturated carbocycles. The van der Waals surface area contributed by atoms with Crippen LogP contribution in [-0.2, 0) is 0 Å². The van der Waals surface area contributed by atoms with E-state index in [0.717, 1.165) is 42.1 Å². The molecule has 1 saturated heterocycles. The molecule has 18 heavy (non-hydrogen) atoms. The molecular weight excluding hydrogens is 294 g/mol. The number of fused-ring (bicyclic) bond motifs is 1. The van der Waals surface area contributed by atoms with Crippen LogP contribution in [0.25, 0.3) is 5.65 Å². The maximum atomic E-state index is 4.61. The number of pyridine rings is 1. The first-order valence-electron chi connectivity index (χ1n) is 6.20. The van der Waals surface area contributed by atoms with Crippen molar-refractivity contribution < 1.29 is 0 Å². The Labute approximate surface area is 114 Å². The van der Waals surface area contributed by atoms with Crippen LogP contribution < -0.4 is 5.32 Å². The van der Waals surface area contributed by atoms with Gasteiger partial charge in [-0.15, -0.1) is 5.10 Å². The SMILES string of the molecule is CC(c1nc2cc(Br)ccn2n1)N1CCNCC1. The van der Waals surface area contributed by atoms with E-state index in [1.165, 1.54) is 0 Å². The molecule has 0 spiro atoms. The summed E-state index contributed by atoms with van der Waals surface area (Å²) in [6.45, 7) is 6.38. The number of halogens is 1. The third-order valence-electron chi connectivity index (χ3n) is 3.39. The lowest BCUT2D eigenvalue weighted by Crippen LogP contribution is -2.44. The highest BCUT2D eigenvalue weighted by Crippen LogP contribution is 2.19. The number of piperazine rings is 1. The number of nitrogens with zero attached hydrogens (tertiary/aromatic N) is 4. The molecule has 1 aliphatic rings. The van der Waals surface area contributed by atoms with Gasteiger partial charge in [-0.3, -0.25) is 4.90 Å². The highest BCUT2D eigenvalue weighted by Gasteiger charge is 2.21. The summed E-state index contributed by atoms with van der Waals surface area (Å²) < 4.78 is 2.86. The van der Waals surface area contributed by atoms with Crippen LogP contribution in [0.5, 0.6) is 0 Å². The molecule has 0 radical (unpaired) electrons. The van der Waals surface area contributed by atoms with Crippen LogP contribution in [0.2, 0.25) is 0 Å². The first-order valence-corrected chi connectivity index (χ1v) is 7.00. The van der Waals surface area contributed by atoms with E-state index in [-0.39, 0.29) is 6.04 Å². The summed E-state index contributed by atoms with van der Waals surface area (Å²) in [6.07, 6.45) is 1.93. The van der Waals surface area contributed by atoms with Crippen molar-refractivity contribution in [2.45, 2.75) is 13.0 Å². The zero-order valence-corrected chi connectivity index (χ0v) is 11.9. The largest absolute Gasteiger partial charge is 0.314 e. The van der Waals surface area contributed by atoms with Gasteiger partial charge in [-0.05, 0) is 19.1 Å². The number of hydrogen-bond donors (Lipinski definition) is 1. The molecule has 3 rings (SSSR count). The zero-order chi connectivity index (χ0) is 12.5. The van der Waals surface area contributed by atoms with E-state index in [1.807, 2.05) is 22.8 Å². The van der Waals surface area contributed by atoms with Crippen molar-refractivity contribution in [3.05, 3.63) is 28.6 Å². The molecule has 1 aliphatic heterocycles. The average molecular weight is 310 g/mol. The van der Waals surface area contributed by atoms with Gasteiger partial charge in [0.2, 0.25) is 0 Å². The maximum absolute atomic E-state index is 4.61. The average Bonchev–Trinajstić information content (AvgIpc) is 2.81. The van der Waals surface area contributed by atoms with Gasteiger partial charge in [-0.1, -0.05) is 15.9 Å². The molecule has 1 atom stereocenters. The molecular formula is C12H16BrN5. The van der Waals surface area contributed by atoms with Gasteiger partial charge < -0.3 is 5.32 Å². The Morgan fingerprint density at radius 1 is 1.39 bits per heavy atom. The lowest BCUT2D eigenvalue weighted by molar-refractivity contribution is 0.179. The van der Waals surface area contributed by atoms with E-state index in [0.29, 0.717) is 0 Å². The Hall–Kier alpha value is -0.980. The summed E-state index contributed by atoms with van der Waals surface area (Å²) in [5, 5.41) is 7.91. The van der Waals surface area contributed by atoms with E-state index in [9.17, 15) is 0 Å². The Morgan fingerprint density at radius 3 is 2.94 bits per heavy atom. The maximum Gasteiger partial charge on any atom is 0.168 e. The smallest absolute Gasteiger partial charge is 0.168 e. The van der Waals surface area contributed by atoms with Crippen LogP contribution in [0.15, 0.2) is 22.8 Å². The Morgan fingerprint density at radius 2 is 2.17 bits per heavy atom. The number of nitrogens with one attached hydrogen (secondary N) is 1. The van der Waals surface area contributed by atoms with Gasteiger partial charge in [-0.2, -0.15) is 0 Å². The van der Waals surface area contributed by atoms with Gasteiger partial charge in [0.1, 0.15) is 0 Å². The molecule has 96 valence electrons. The third kappa shape index (κ3) is 2.28. The van der Waals surface area contributed by atoms with Crippen LogP contribution in [0.1, 0.15) is 18.8 Å². The summed E-state index contributed by atoms with van der Waals surface area (Å²) in [4.78, 5) is 7.03. The topological polar surface area (TPSA) is 45.5 Å². The molecule has 6 heteroatoms. The van der Waals surface area contributed by atoms with E-state index in [4.69, 9.17) is 0 Å². The van der Waals surface area contributed by atoms with Crippen LogP contribution in [-0.4, -0.2) is 45.7 Å². The second-order valence-electron chi connectivity index (χ2n) is 4.58. The summed E-state index contributed by atoms with van der Waals surface area (Å²) in [6, 6.07) is 4.23. The molecule has 2 aromatic rings. The Kier molecular flexibility index (Phi) is 3.32. The lowest BCUT2D eigenvalue weighted by atomic mass is 10.2. The quantitative estimate of drug-likeness (QED) is 0.912. The van der Waals surface area contributed by atoms with Crippen molar-refractivity contribution >= 4 is 21.6 Å². The second-order valence-corrected chi connectivity index (χ2v) is 5.50. The van der Waals surface area contributed by atoms with Gasteiger partial charge in [0.05, 0.1) is 6.04 Å². The zero-order valence-electron chi connectivity index (χ0n) is 10.3. The molecule has 1 fully saturated rings. The summed E-state index contributed by atoms with van der Waals surface area (Å²) in [7, 11) is 0. The van der Waals surface area contributed by atoms with Gasteiger partial charge in [0, 0.05) is 36.8 Å². The van der Waals surface area contributed by atoms with Gasteiger partial charge >= 0.3 is 0 Å². The molecule has 0 bridgehead atoms. The molecule has 0 aromatic carbocycles. The highest BCUT2D eigenvalue weighted by molar-refractivity contribution is 9.10. The second kappa shape index (κ2) is 4.95. The summed E-state index contributed by atoms with van der Waals surface area (Å²) >= 11 is 3.46. The van der Waals surface area contributed by atoms with Crippen molar-refractivity contribution in [1.82, 2.24) is 24.8 Å². The molecule has 2 aromatic heterocycles. The van der Waals surface area contributed by atoms with Gasteiger partial charge in [0.15, 0.2) is 11.5 Å². The van der Waals surface area contributed by atoms with Crippen LogP contribution in [0.3, 0.4) is 0 Å². The fourth-order valence-corrected chi connectivity index (χ4v) is 2.61. The van der Waals surface area contributed by atoms with Crippen LogP contribution >= 0.6 is 15.9 Å². The van der Waals surface area contributed by atoms with Gasteiger partial charge in [-0.25, -0.2) is 9.50 Å². The van der Waals surface area contributed by atoms with E-state index >= 15 is 0 Å². The van der Waals surface area contributed by atoms with Crippen molar-refractivity contribution in [3.8, 4) is 0 Å². The van der Waals surface area contributed by atoms with Crippen LogP contribution in [0, 0.1) is 0 Å². The Bertz CT molecular complexity index is 546. The minimum absolute atomic E-state index is 0.269. The normalized spacial score (nSPS) is 19.2. The molecule has 1 unspecified atom stereocenters. The molecule has 3 heterocycles. The Balaban J connectivity index is 1.88. The molecule has 0 aliphatic carbocycles. The van der Waals surface area contributed by atoms with Crippen LogP contribution in [0.4, 0.5) is 0 Å². The minimum Gasteiger partial charge on any atom is -0.314 e. The molecule has 5 nitrogen and oxygen atoms in total. The fraction of sp³-hybridized carbons (Fsp3) is 0.500. The number of hydrogen-bond acceptors (Lipinski definition) is 4. The van der Waals surface area contributed by atoms with E-state index in [2.05, 4.69) is 43.2 Å². The first-order chi connectivity index (χ1) is 8.74. The number of rotatable bonds is 2. The highest BCUT2D eigenvalue weighted by atomic mass is 79.9. The standard InChI is InChI=1S/C12H16BrN5/c1-9(17-6-3-14-4-7-17)12-15-11-8-10(13)2-5-18(11)16-12/h2,5,8-9,14H,3-4,6-7H2,1H3. The van der Waals surface area contributed by atoms with E-state index < -0.39 is 0 Å². The van der Waals surface area contributed by atoms with Crippen molar-refractivity contribution in [3.63, 3.8) is 0 Å². The van der Waals surface area contributed by atoms with Crippen molar-refractivity contribution in [2.75, 3.05) is 26.2 Å². The fourth-order valence-electron chi connectivity index (χ4n) is 2.28. The lowest BCUT2D eigenvalue weighted by Gasteiger charge is -2.31. The summed E-state index contributed by atoms with van der Waals surface area (Å²) in [5.41, 5.74) is 0.890. The first kappa shape index (κ1) is 12.1. The van der Waals surface area contributed by atoms with Crippen molar-refractivity contribution in [2.24, 2.45) is 0 Å². The molecule has 0 amide bonds. The monoisotopic (exact) mass is 309 g/mol. The number of aromatic nitrogens is 3. The predicted molar refractivity (Wildman–Crippen MR) is 73.5 cm³/mol. The third-order valence-corrected chi connectivity index (χ3v) is 3.88. The molecule has 1 N–H and O–H groups in total.